The van der Waals surface area contributed by atoms with Gasteiger partial charge in [0, 0.05) is 30.3 Å². The van der Waals surface area contributed by atoms with Crippen LogP contribution in [0.5, 0.6) is 0 Å². The topological polar surface area (TPSA) is 71.8 Å². The van der Waals surface area contributed by atoms with Gasteiger partial charge in [-0.05, 0) is 43.2 Å². The van der Waals surface area contributed by atoms with E-state index in [4.69, 9.17) is 4.98 Å². The summed E-state index contributed by atoms with van der Waals surface area (Å²) in [6.07, 6.45) is 1.87. The smallest absolute Gasteiger partial charge is 0.252 e. The van der Waals surface area contributed by atoms with Crippen molar-refractivity contribution in [1.82, 2.24) is 20.1 Å². The van der Waals surface area contributed by atoms with Crippen molar-refractivity contribution in [2.24, 2.45) is 7.05 Å². The first-order valence-corrected chi connectivity index (χ1v) is 9.54. The molecular weight excluding hydrogens is 362 g/mol. The van der Waals surface area contributed by atoms with Crippen LogP contribution in [0.15, 0.2) is 66.9 Å². The van der Waals surface area contributed by atoms with Crippen LogP contribution in [-0.2, 0) is 7.05 Å². The second kappa shape index (κ2) is 7.75. The monoisotopic (exact) mass is 385 g/mol. The predicted octanol–water partition coefficient (Wildman–Crippen LogP) is 4.51. The lowest BCUT2D eigenvalue weighted by atomic mass is 10.0. The lowest BCUT2D eigenvalue weighted by molar-refractivity contribution is 0.0939. The molecule has 4 aromatic rings. The summed E-state index contributed by atoms with van der Waals surface area (Å²) >= 11 is 0. The quantitative estimate of drug-likeness (QED) is 0.530. The Hall–Kier alpha value is -3.67. The zero-order valence-corrected chi connectivity index (χ0v) is 16.7. The molecule has 0 unspecified atom stereocenters. The first-order chi connectivity index (χ1) is 14.0. The van der Waals surface area contributed by atoms with Crippen LogP contribution in [0.2, 0.25) is 0 Å². The van der Waals surface area contributed by atoms with E-state index in [1.54, 1.807) is 4.68 Å². The minimum atomic E-state index is -0.195. The fourth-order valence-electron chi connectivity index (χ4n) is 3.42. The van der Waals surface area contributed by atoms with Crippen LogP contribution in [0, 0.1) is 6.92 Å². The van der Waals surface area contributed by atoms with Crippen LogP contribution in [0.25, 0.3) is 10.9 Å². The molecule has 1 amide bonds. The van der Waals surface area contributed by atoms with Gasteiger partial charge in [0.2, 0.25) is 0 Å². The number of carbonyl (C=O) groups excluding carboxylic acids is 1. The third-order valence-electron chi connectivity index (χ3n) is 4.92. The first kappa shape index (κ1) is 18.7. The number of benzene rings is 2. The van der Waals surface area contributed by atoms with Crippen molar-refractivity contribution in [3.8, 4) is 0 Å². The lowest BCUT2D eigenvalue weighted by Crippen LogP contribution is -2.27. The second-order valence-electron chi connectivity index (χ2n) is 7.12. The van der Waals surface area contributed by atoms with E-state index in [1.807, 2.05) is 87.8 Å². The molecule has 29 heavy (non-hydrogen) atoms. The molecule has 0 aliphatic rings. The Morgan fingerprint density at radius 3 is 2.55 bits per heavy atom. The van der Waals surface area contributed by atoms with E-state index < -0.39 is 0 Å². The lowest BCUT2D eigenvalue weighted by Gasteiger charge is -2.18. The van der Waals surface area contributed by atoms with Gasteiger partial charge in [0.1, 0.15) is 5.82 Å². The molecule has 0 aliphatic heterocycles. The molecule has 1 atom stereocenters. The van der Waals surface area contributed by atoms with Crippen LogP contribution in [-0.4, -0.2) is 20.7 Å². The predicted molar refractivity (Wildman–Crippen MR) is 115 cm³/mol. The van der Waals surface area contributed by atoms with Crippen molar-refractivity contribution in [3.05, 3.63) is 83.6 Å². The molecule has 146 valence electrons. The molecule has 2 aromatic heterocycles. The number of aryl methyl sites for hydroxylation is 2. The Bertz CT molecular complexity index is 1180. The van der Waals surface area contributed by atoms with Crippen LogP contribution in [0.3, 0.4) is 0 Å². The molecule has 6 heteroatoms. The molecule has 0 bridgehead atoms. The Kier molecular flexibility index (Phi) is 4.99. The fourth-order valence-corrected chi connectivity index (χ4v) is 3.42. The van der Waals surface area contributed by atoms with Crippen LogP contribution < -0.4 is 10.6 Å². The Labute approximate surface area is 169 Å². The number of rotatable bonds is 5. The highest BCUT2D eigenvalue weighted by Gasteiger charge is 2.17. The van der Waals surface area contributed by atoms with Gasteiger partial charge in [-0.2, -0.15) is 5.10 Å². The molecule has 0 aliphatic carbocycles. The molecule has 4 rings (SSSR count). The number of para-hydroxylation sites is 1. The van der Waals surface area contributed by atoms with Gasteiger partial charge in [0.25, 0.3) is 5.91 Å². The summed E-state index contributed by atoms with van der Waals surface area (Å²) in [5.74, 6) is 1.32. The molecule has 2 aromatic carbocycles. The maximum Gasteiger partial charge on any atom is 0.252 e. The molecule has 6 nitrogen and oxygen atoms in total. The second-order valence-corrected chi connectivity index (χ2v) is 7.12. The SMILES string of the molecule is Cc1ccccc1C(=O)N[C@H](C)c1cc(Nc2ccn(C)n2)nc2ccccc12. The van der Waals surface area contributed by atoms with Crippen molar-refractivity contribution in [2.45, 2.75) is 19.9 Å². The molecule has 0 fully saturated rings. The number of nitrogens with one attached hydrogen (secondary N) is 2. The minimum absolute atomic E-state index is 0.0873. The van der Waals surface area contributed by atoms with Crippen LogP contribution >= 0.6 is 0 Å². The fraction of sp³-hybridized carbons (Fsp3) is 0.174. The average molecular weight is 385 g/mol. The number of nitrogens with zero attached hydrogens (tertiary/aromatic N) is 3. The summed E-state index contributed by atoms with van der Waals surface area (Å²) < 4.78 is 1.73. The third kappa shape index (κ3) is 3.96. The number of anilines is 2. The van der Waals surface area contributed by atoms with E-state index in [9.17, 15) is 4.79 Å². The summed E-state index contributed by atoms with van der Waals surface area (Å²) in [5.41, 5.74) is 3.50. The molecule has 0 radical (unpaired) electrons. The first-order valence-electron chi connectivity index (χ1n) is 9.54. The van der Waals surface area contributed by atoms with Crippen molar-refractivity contribution in [3.63, 3.8) is 0 Å². The van der Waals surface area contributed by atoms with Gasteiger partial charge in [-0.25, -0.2) is 4.98 Å². The summed E-state index contributed by atoms with van der Waals surface area (Å²) in [6, 6.07) is 19.2. The van der Waals surface area contributed by atoms with Gasteiger partial charge in [0.15, 0.2) is 5.82 Å². The van der Waals surface area contributed by atoms with Gasteiger partial charge in [0.05, 0.1) is 11.6 Å². The average Bonchev–Trinajstić information content (AvgIpc) is 3.12. The van der Waals surface area contributed by atoms with Gasteiger partial charge in [-0.1, -0.05) is 36.4 Å². The van der Waals surface area contributed by atoms with Crippen molar-refractivity contribution < 1.29 is 4.79 Å². The van der Waals surface area contributed by atoms with E-state index in [2.05, 4.69) is 15.7 Å². The zero-order chi connectivity index (χ0) is 20.4. The highest BCUT2D eigenvalue weighted by Crippen LogP contribution is 2.27. The number of hydrogen-bond donors (Lipinski definition) is 2. The van der Waals surface area contributed by atoms with Crippen molar-refractivity contribution in [2.75, 3.05) is 5.32 Å². The maximum atomic E-state index is 12.8. The number of amides is 1. The van der Waals surface area contributed by atoms with Crippen LogP contribution in [0.1, 0.15) is 34.5 Å². The Morgan fingerprint density at radius 2 is 1.79 bits per heavy atom. The molecule has 0 saturated heterocycles. The van der Waals surface area contributed by atoms with Gasteiger partial charge >= 0.3 is 0 Å². The molecule has 0 spiro atoms. The number of pyridine rings is 1. The van der Waals surface area contributed by atoms with E-state index in [0.717, 1.165) is 27.8 Å². The van der Waals surface area contributed by atoms with Crippen molar-refractivity contribution >= 4 is 28.4 Å². The highest BCUT2D eigenvalue weighted by atomic mass is 16.1. The molecule has 2 heterocycles. The van der Waals surface area contributed by atoms with Crippen LogP contribution in [0.4, 0.5) is 11.6 Å². The summed E-state index contributed by atoms with van der Waals surface area (Å²) in [6.45, 7) is 3.93. The normalized spacial score (nSPS) is 12.0. The number of fused-ring (bicyclic) bond motifs is 1. The number of hydrogen-bond acceptors (Lipinski definition) is 4. The molecular formula is C23H23N5O. The van der Waals surface area contributed by atoms with E-state index in [1.165, 1.54) is 0 Å². The number of aromatic nitrogens is 3. The summed E-state index contributed by atoms with van der Waals surface area (Å²) in [5, 5.41) is 11.7. The maximum absolute atomic E-state index is 12.8. The van der Waals surface area contributed by atoms with E-state index in [-0.39, 0.29) is 11.9 Å². The van der Waals surface area contributed by atoms with Gasteiger partial charge in [-0.3, -0.25) is 9.48 Å². The van der Waals surface area contributed by atoms with Gasteiger partial charge < -0.3 is 10.6 Å². The van der Waals surface area contributed by atoms with Gasteiger partial charge in [-0.15, -0.1) is 0 Å². The minimum Gasteiger partial charge on any atom is -0.345 e. The molecule has 2 N–H and O–H groups in total. The molecule has 0 saturated carbocycles. The highest BCUT2D eigenvalue weighted by molar-refractivity contribution is 5.96. The Balaban J connectivity index is 1.67. The van der Waals surface area contributed by atoms with Crippen molar-refractivity contribution in [1.29, 1.82) is 0 Å². The summed E-state index contributed by atoms with van der Waals surface area (Å²) in [4.78, 5) is 17.5. The van der Waals surface area contributed by atoms with E-state index >= 15 is 0 Å². The third-order valence-corrected chi connectivity index (χ3v) is 4.92. The largest absolute Gasteiger partial charge is 0.345 e. The standard InChI is InChI=1S/C23H23N5O/c1-15-8-4-5-9-17(15)23(29)24-16(2)19-14-22(26-21-12-13-28(3)27-21)25-20-11-7-6-10-18(19)20/h4-14,16H,1-3H3,(H,24,29)(H,25,26,27)/t16-/m1/s1. The summed E-state index contributed by atoms with van der Waals surface area (Å²) in [7, 11) is 1.87. The van der Waals surface area contributed by atoms with E-state index in [0.29, 0.717) is 11.4 Å². The Morgan fingerprint density at radius 1 is 1.03 bits per heavy atom. The zero-order valence-electron chi connectivity index (χ0n) is 16.7. The number of carbonyl (C=O) groups is 1.